The van der Waals surface area contributed by atoms with Crippen molar-refractivity contribution in [2.45, 2.75) is 20.8 Å². The fourth-order valence-corrected chi connectivity index (χ4v) is 4.52. The molecular formula is C24H26N2O4S2. The number of carbonyl (C=O) groups is 1. The van der Waals surface area contributed by atoms with Crippen LogP contribution in [0.3, 0.4) is 0 Å². The molecule has 0 bridgehead atoms. The van der Waals surface area contributed by atoms with E-state index in [9.17, 15) is 4.79 Å². The molecule has 1 heterocycles. The first-order chi connectivity index (χ1) is 15.4. The summed E-state index contributed by atoms with van der Waals surface area (Å²) in [7, 11) is 3.16. The average molecular weight is 471 g/mol. The van der Waals surface area contributed by atoms with E-state index in [2.05, 4.69) is 16.7 Å². The molecule has 8 heteroatoms. The molecule has 3 aromatic rings. The van der Waals surface area contributed by atoms with Gasteiger partial charge in [0.15, 0.2) is 16.6 Å². The number of hydrogen-bond donors (Lipinski definition) is 2. The van der Waals surface area contributed by atoms with Crippen LogP contribution in [0, 0.1) is 13.8 Å². The van der Waals surface area contributed by atoms with Crippen molar-refractivity contribution in [1.82, 2.24) is 0 Å². The number of hydrogen-bond acceptors (Lipinski definition) is 6. The highest BCUT2D eigenvalue weighted by molar-refractivity contribution is 7.80. The Morgan fingerprint density at radius 3 is 2.44 bits per heavy atom. The van der Waals surface area contributed by atoms with Gasteiger partial charge in [-0.05, 0) is 62.3 Å². The third-order valence-electron chi connectivity index (χ3n) is 4.82. The summed E-state index contributed by atoms with van der Waals surface area (Å²) in [5.74, 6) is 0.768. The molecule has 0 atom stereocenters. The normalized spacial score (nSPS) is 10.4. The number of ether oxygens (including phenoxy) is 3. The summed E-state index contributed by atoms with van der Waals surface area (Å²) in [5, 5.41) is 9.27. The van der Waals surface area contributed by atoms with Crippen molar-refractivity contribution >= 4 is 45.3 Å². The molecule has 0 amide bonds. The van der Waals surface area contributed by atoms with Gasteiger partial charge in [0.2, 0.25) is 0 Å². The number of carbonyl (C=O) groups excluding carboxylic acids is 1. The van der Waals surface area contributed by atoms with Gasteiger partial charge in [-0.25, -0.2) is 4.79 Å². The van der Waals surface area contributed by atoms with Gasteiger partial charge in [0.05, 0.1) is 20.8 Å². The van der Waals surface area contributed by atoms with Crippen molar-refractivity contribution in [2.24, 2.45) is 0 Å². The predicted molar refractivity (Wildman–Crippen MR) is 135 cm³/mol. The minimum Gasteiger partial charge on any atom is -0.493 e. The summed E-state index contributed by atoms with van der Waals surface area (Å²) in [4.78, 5) is 12.9. The molecule has 0 radical (unpaired) electrons. The molecule has 2 aromatic carbocycles. The van der Waals surface area contributed by atoms with Crippen LogP contribution in [0.2, 0.25) is 0 Å². The molecule has 2 N–H and O–H groups in total. The van der Waals surface area contributed by atoms with Crippen LogP contribution < -0.4 is 20.1 Å². The Morgan fingerprint density at radius 2 is 1.78 bits per heavy atom. The van der Waals surface area contributed by atoms with Crippen LogP contribution in [0.4, 0.5) is 10.7 Å². The summed E-state index contributed by atoms with van der Waals surface area (Å²) in [6, 6.07) is 11.6. The first-order valence-corrected chi connectivity index (χ1v) is 11.3. The van der Waals surface area contributed by atoms with Gasteiger partial charge in [0, 0.05) is 16.6 Å². The van der Waals surface area contributed by atoms with Crippen LogP contribution >= 0.6 is 23.6 Å². The van der Waals surface area contributed by atoms with E-state index in [1.807, 2.05) is 43.5 Å². The lowest BCUT2D eigenvalue weighted by Gasteiger charge is -2.14. The van der Waals surface area contributed by atoms with Crippen LogP contribution in [0.25, 0.3) is 11.1 Å². The molecule has 0 fully saturated rings. The number of nitrogens with one attached hydrogen (secondary N) is 2. The van der Waals surface area contributed by atoms with E-state index in [0.717, 1.165) is 22.4 Å². The van der Waals surface area contributed by atoms with Gasteiger partial charge in [0.25, 0.3) is 0 Å². The standard InChI is InChI=1S/C24H26N2O4S2/c1-6-30-23(27)21-17(16-8-10-19(28-4)20(12-16)29-5)13-32-22(21)26-24(31)25-18-9-7-14(2)11-15(18)3/h7-13H,6H2,1-5H3,(H2,25,26,31). The molecule has 168 valence electrons. The van der Waals surface area contributed by atoms with Crippen molar-refractivity contribution in [3.8, 4) is 22.6 Å². The average Bonchev–Trinajstić information content (AvgIpc) is 3.18. The zero-order valence-electron chi connectivity index (χ0n) is 18.7. The lowest BCUT2D eigenvalue weighted by molar-refractivity contribution is 0.0529. The molecular weight excluding hydrogens is 444 g/mol. The maximum Gasteiger partial charge on any atom is 0.341 e. The minimum absolute atomic E-state index is 0.269. The van der Waals surface area contributed by atoms with E-state index in [-0.39, 0.29) is 6.61 Å². The smallest absolute Gasteiger partial charge is 0.341 e. The number of benzene rings is 2. The quantitative estimate of drug-likeness (QED) is 0.322. The summed E-state index contributed by atoms with van der Waals surface area (Å²) in [6.45, 7) is 6.10. The van der Waals surface area contributed by atoms with Crippen LogP contribution in [0.1, 0.15) is 28.4 Å². The van der Waals surface area contributed by atoms with Gasteiger partial charge in [-0.15, -0.1) is 11.3 Å². The second kappa shape index (κ2) is 10.5. The first kappa shape index (κ1) is 23.6. The number of esters is 1. The lowest BCUT2D eigenvalue weighted by Crippen LogP contribution is -2.20. The first-order valence-electron chi connectivity index (χ1n) is 10.0. The van der Waals surface area contributed by atoms with Crippen molar-refractivity contribution < 1.29 is 19.0 Å². The van der Waals surface area contributed by atoms with Gasteiger partial charge >= 0.3 is 5.97 Å². The second-order valence-electron chi connectivity index (χ2n) is 7.04. The van der Waals surface area contributed by atoms with Gasteiger partial charge < -0.3 is 24.8 Å². The van der Waals surface area contributed by atoms with Crippen molar-refractivity contribution in [1.29, 1.82) is 0 Å². The van der Waals surface area contributed by atoms with Gasteiger partial charge in [-0.3, -0.25) is 0 Å². The van der Waals surface area contributed by atoms with E-state index in [0.29, 0.717) is 27.2 Å². The van der Waals surface area contributed by atoms with E-state index >= 15 is 0 Å². The molecule has 1 aromatic heterocycles. The molecule has 0 aliphatic heterocycles. The van der Waals surface area contributed by atoms with E-state index in [1.165, 1.54) is 16.9 Å². The second-order valence-corrected chi connectivity index (χ2v) is 8.33. The van der Waals surface area contributed by atoms with Crippen molar-refractivity contribution in [2.75, 3.05) is 31.5 Å². The summed E-state index contributed by atoms with van der Waals surface area (Å²) >= 11 is 6.90. The van der Waals surface area contributed by atoms with Crippen LogP contribution in [-0.4, -0.2) is 31.9 Å². The lowest BCUT2D eigenvalue weighted by atomic mass is 10.0. The van der Waals surface area contributed by atoms with Gasteiger partial charge in [-0.1, -0.05) is 23.8 Å². The number of aryl methyl sites for hydroxylation is 2. The monoisotopic (exact) mass is 470 g/mol. The summed E-state index contributed by atoms with van der Waals surface area (Å²) < 4.78 is 16.1. The molecule has 0 saturated carbocycles. The minimum atomic E-state index is -0.421. The number of rotatable bonds is 7. The van der Waals surface area contributed by atoms with E-state index in [1.54, 1.807) is 27.2 Å². The number of thiophene rings is 1. The van der Waals surface area contributed by atoms with Gasteiger partial charge in [0.1, 0.15) is 10.6 Å². The summed E-state index contributed by atoms with van der Waals surface area (Å²) in [5.41, 5.74) is 5.12. The Hall–Kier alpha value is -3.10. The van der Waals surface area contributed by atoms with Crippen molar-refractivity contribution in [3.63, 3.8) is 0 Å². The molecule has 0 aliphatic rings. The Labute approximate surface area is 197 Å². The Balaban J connectivity index is 1.94. The molecule has 0 unspecified atom stereocenters. The Morgan fingerprint density at radius 1 is 1.03 bits per heavy atom. The van der Waals surface area contributed by atoms with Gasteiger partial charge in [-0.2, -0.15) is 0 Å². The maximum absolute atomic E-state index is 12.9. The summed E-state index contributed by atoms with van der Waals surface area (Å²) in [6.07, 6.45) is 0. The predicted octanol–water partition coefficient (Wildman–Crippen LogP) is 6.03. The molecule has 0 spiro atoms. The highest BCUT2D eigenvalue weighted by atomic mass is 32.1. The SMILES string of the molecule is CCOC(=O)c1c(-c2ccc(OC)c(OC)c2)csc1NC(=S)Nc1ccc(C)cc1C. The van der Waals surface area contributed by atoms with E-state index < -0.39 is 5.97 Å². The molecule has 3 rings (SSSR count). The Kier molecular flexibility index (Phi) is 7.71. The Bertz CT molecular complexity index is 1140. The van der Waals surface area contributed by atoms with E-state index in [4.69, 9.17) is 26.4 Å². The molecule has 32 heavy (non-hydrogen) atoms. The fourth-order valence-electron chi connectivity index (χ4n) is 3.28. The molecule has 6 nitrogen and oxygen atoms in total. The maximum atomic E-state index is 12.9. The molecule has 0 aliphatic carbocycles. The molecule has 0 saturated heterocycles. The highest BCUT2D eigenvalue weighted by Crippen LogP contribution is 2.39. The number of methoxy groups -OCH3 is 2. The van der Waals surface area contributed by atoms with Crippen LogP contribution in [0.15, 0.2) is 41.8 Å². The number of thiocarbonyl (C=S) groups is 1. The number of anilines is 2. The fraction of sp³-hybridized carbons (Fsp3) is 0.250. The highest BCUT2D eigenvalue weighted by Gasteiger charge is 2.23. The zero-order valence-corrected chi connectivity index (χ0v) is 20.3. The van der Waals surface area contributed by atoms with Crippen LogP contribution in [0.5, 0.6) is 11.5 Å². The topological polar surface area (TPSA) is 68.8 Å². The van der Waals surface area contributed by atoms with Crippen molar-refractivity contribution in [3.05, 3.63) is 58.5 Å². The third-order valence-corrected chi connectivity index (χ3v) is 5.92. The largest absolute Gasteiger partial charge is 0.493 e. The zero-order chi connectivity index (χ0) is 23.3. The third kappa shape index (κ3) is 5.20. The van der Waals surface area contributed by atoms with Crippen LogP contribution in [-0.2, 0) is 4.74 Å².